The summed E-state index contributed by atoms with van der Waals surface area (Å²) in [6, 6.07) is 0. The van der Waals surface area contributed by atoms with Crippen LogP contribution in [0.2, 0.25) is 0 Å². The Bertz CT molecular complexity index is 540. The quantitative estimate of drug-likeness (QED) is 0.765. The van der Waals surface area contributed by atoms with Crippen LogP contribution in [0.1, 0.15) is 65.7 Å². The van der Waals surface area contributed by atoms with Crippen molar-refractivity contribution < 1.29 is 19.0 Å². The summed E-state index contributed by atoms with van der Waals surface area (Å²) in [4.78, 5) is 14.1. The summed E-state index contributed by atoms with van der Waals surface area (Å²) in [6.07, 6.45) is 8.53. The van der Waals surface area contributed by atoms with E-state index >= 15 is 0 Å². The summed E-state index contributed by atoms with van der Waals surface area (Å²) in [7, 11) is 0. The van der Waals surface area contributed by atoms with Crippen LogP contribution in [-0.2, 0) is 14.2 Å². The van der Waals surface area contributed by atoms with Crippen LogP contribution >= 0.6 is 0 Å². The van der Waals surface area contributed by atoms with Crippen LogP contribution in [0.25, 0.3) is 0 Å². The predicted molar refractivity (Wildman–Crippen MR) is 105 cm³/mol. The SMILES string of the molecule is CC(C)(C)OC(=O)N1CCC(C2NNC(C3CCCC(C4CCO4)C3)O2)CC1. The molecule has 4 rings (SSSR count). The zero-order valence-electron chi connectivity index (χ0n) is 17.6. The molecule has 0 spiro atoms. The second kappa shape index (κ2) is 8.46. The fourth-order valence-electron chi connectivity index (χ4n) is 5.06. The number of carbonyl (C=O) groups is 1. The Hall–Kier alpha value is -0.890. The molecule has 4 aliphatic rings. The van der Waals surface area contributed by atoms with Gasteiger partial charge in [-0.1, -0.05) is 6.42 Å². The third-order valence-electron chi connectivity index (χ3n) is 6.72. The van der Waals surface area contributed by atoms with Gasteiger partial charge in [-0.3, -0.25) is 0 Å². The molecular weight excluding hydrogens is 358 g/mol. The first-order chi connectivity index (χ1) is 13.4. The number of nitrogens with zero attached hydrogens (tertiary/aromatic N) is 1. The minimum atomic E-state index is -0.441. The van der Waals surface area contributed by atoms with Crippen LogP contribution in [0.4, 0.5) is 4.79 Å². The Kier molecular flexibility index (Phi) is 6.16. The van der Waals surface area contributed by atoms with Gasteiger partial charge in [-0.2, -0.15) is 0 Å². The van der Waals surface area contributed by atoms with Crippen LogP contribution in [0.15, 0.2) is 0 Å². The molecule has 3 aliphatic heterocycles. The van der Waals surface area contributed by atoms with Gasteiger partial charge in [-0.05, 0) is 65.2 Å². The van der Waals surface area contributed by atoms with Gasteiger partial charge in [-0.15, -0.1) is 0 Å². The first-order valence-electron chi connectivity index (χ1n) is 11.1. The third kappa shape index (κ3) is 4.81. The second-order valence-electron chi connectivity index (χ2n) is 9.96. The molecule has 0 aromatic heterocycles. The number of rotatable bonds is 3. The van der Waals surface area contributed by atoms with Crippen molar-refractivity contribution in [3.8, 4) is 0 Å². The summed E-state index contributed by atoms with van der Waals surface area (Å²) < 4.78 is 17.6. The molecule has 5 unspecified atom stereocenters. The molecule has 3 saturated heterocycles. The molecule has 1 aliphatic carbocycles. The average molecular weight is 396 g/mol. The summed E-state index contributed by atoms with van der Waals surface area (Å²) in [6.45, 7) is 8.13. The normalized spacial score (nSPS) is 37.5. The molecular formula is C21H37N3O4. The standard InChI is InChI=1S/C21H37N3O4/c1-21(2,3)28-20(25)24-10-7-14(8-11-24)18-22-23-19(27-18)16-6-4-5-15(13-16)17-9-12-26-17/h14-19,22-23H,4-13H2,1-3H3. The van der Waals surface area contributed by atoms with Crippen LogP contribution in [0, 0.1) is 17.8 Å². The predicted octanol–water partition coefficient (Wildman–Crippen LogP) is 3.01. The summed E-state index contributed by atoms with van der Waals surface area (Å²) >= 11 is 0. The molecule has 1 saturated carbocycles. The van der Waals surface area contributed by atoms with Gasteiger partial charge in [0.1, 0.15) is 18.1 Å². The van der Waals surface area contributed by atoms with Gasteiger partial charge in [0.2, 0.25) is 0 Å². The van der Waals surface area contributed by atoms with Crippen LogP contribution in [0.3, 0.4) is 0 Å². The maximum Gasteiger partial charge on any atom is 0.410 e. The molecule has 0 radical (unpaired) electrons. The van der Waals surface area contributed by atoms with Crippen molar-refractivity contribution in [2.45, 2.75) is 89.9 Å². The molecule has 2 N–H and O–H groups in total. The Morgan fingerprint density at radius 2 is 1.61 bits per heavy atom. The van der Waals surface area contributed by atoms with Gasteiger partial charge in [0.05, 0.1) is 6.10 Å². The maximum atomic E-state index is 12.2. The Balaban J connectivity index is 1.22. The van der Waals surface area contributed by atoms with Crippen molar-refractivity contribution in [1.82, 2.24) is 15.8 Å². The molecule has 3 heterocycles. The summed E-state index contributed by atoms with van der Waals surface area (Å²) in [5, 5.41) is 0. The van der Waals surface area contributed by atoms with E-state index in [1.807, 2.05) is 25.7 Å². The molecule has 28 heavy (non-hydrogen) atoms. The average Bonchev–Trinajstić information content (AvgIpc) is 3.09. The van der Waals surface area contributed by atoms with E-state index in [9.17, 15) is 4.79 Å². The highest BCUT2D eigenvalue weighted by atomic mass is 16.6. The van der Waals surface area contributed by atoms with Crippen molar-refractivity contribution in [3.05, 3.63) is 0 Å². The van der Waals surface area contributed by atoms with E-state index in [0.717, 1.165) is 32.5 Å². The maximum absolute atomic E-state index is 12.2. The Morgan fingerprint density at radius 1 is 0.964 bits per heavy atom. The zero-order valence-corrected chi connectivity index (χ0v) is 17.6. The molecule has 7 nitrogen and oxygen atoms in total. The smallest absolute Gasteiger partial charge is 0.410 e. The first kappa shape index (κ1) is 20.4. The van der Waals surface area contributed by atoms with E-state index in [2.05, 4.69) is 10.9 Å². The van der Waals surface area contributed by atoms with Crippen molar-refractivity contribution in [2.75, 3.05) is 19.7 Å². The van der Waals surface area contributed by atoms with E-state index < -0.39 is 5.60 Å². The minimum Gasteiger partial charge on any atom is -0.444 e. The van der Waals surface area contributed by atoms with Crippen LogP contribution in [0.5, 0.6) is 0 Å². The van der Waals surface area contributed by atoms with E-state index in [4.69, 9.17) is 14.2 Å². The van der Waals surface area contributed by atoms with E-state index in [1.165, 1.54) is 32.1 Å². The molecule has 0 bridgehead atoms. The second-order valence-corrected chi connectivity index (χ2v) is 9.96. The van der Waals surface area contributed by atoms with Crippen molar-refractivity contribution >= 4 is 6.09 Å². The molecule has 1 amide bonds. The lowest BCUT2D eigenvalue weighted by Gasteiger charge is -2.40. The number of likely N-dealkylation sites (tertiary alicyclic amines) is 1. The largest absolute Gasteiger partial charge is 0.444 e. The fourth-order valence-corrected chi connectivity index (χ4v) is 5.06. The number of hydrazine groups is 1. The fraction of sp³-hybridized carbons (Fsp3) is 0.952. The Morgan fingerprint density at radius 3 is 2.21 bits per heavy atom. The lowest BCUT2D eigenvalue weighted by Crippen LogP contribution is -2.46. The molecule has 160 valence electrons. The van der Waals surface area contributed by atoms with Crippen molar-refractivity contribution in [1.29, 1.82) is 0 Å². The number of hydrogen-bond donors (Lipinski definition) is 2. The first-order valence-corrected chi connectivity index (χ1v) is 11.1. The Labute approximate surface area is 168 Å². The minimum absolute atomic E-state index is 0.0334. The highest BCUT2D eigenvalue weighted by Gasteiger charge is 2.41. The number of nitrogens with one attached hydrogen (secondary N) is 2. The van der Waals surface area contributed by atoms with Crippen molar-refractivity contribution in [2.24, 2.45) is 17.8 Å². The summed E-state index contributed by atoms with van der Waals surface area (Å²) in [5.74, 6) is 1.68. The topological polar surface area (TPSA) is 72.1 Å². The molecule has 0 aromatic rings. The number of hydrogen-bond acceptors (Lipinski definition) is 6. The molecule has 5 atom stereocenters. The third-order valence-corrected chi connectivity index (χ3v) is 6.72. The van der Waals surface area contributed by atoms with Crippen molar-refractivity contribution in [3.63, 3.8) is 0 Å². The summed E-state index contributed by atoms with van der Waals surface area (Å²) in [5.41, 5.74) is 6.36. The van der Waals surface area contributed by atoms with E-state index in [1.54, 1.807) is 0 Å². The lowest BCUT2D eigenvalue weighted by atomic mass is 9.76. The van der Waals surface area contributed by atoms with Gasteiger partial charge < -0.3 is 19.1 Å². The number of carbonyl (C=O) groups excluding carboxylic acids is 1. The molecule has 0 aromatic carbocycles. The highest BCUT2D eigenvalue weighted by Crippen LogP contribution is 2.39. The number of amides is 1. The van der Waals surface area contributed by atoms with E-state index in [0.29, 0.717) is 23.9 Å². The van der Waals surface area contributed by atoms with Gasteiger partial charge >= 0.3 is 6.09 Å². The van der Waals surface area contributed by atoms with Crippen LogP contribution < -0.4 is 10.9 Å². The molecule has 4 fully saturated rings. The monoisotopic (exact) mass is 395 g/mol. The van der Waals surface area contributed by atoms with Crippen LogP contribution in [-0.4, -0.2) is 54.9 Å². The van der Waals surface area contributed by atoms with Gasteiger partial charge in [0.25, 0.3) is 0 Å². The van der Waals surface area contributed by atoms with E-state index in [-0.39, 0.29) is 18.5 Å². The lowest BCUT2D eigenvalue weighted by molar-refractivity contribution is -0.108. The number of piperidine rings is 1. The highest BCUT2D eigenvalue weighted by molar-refractivity contribution is 5.68. The van der Waals surface area contributed by atoms with Gasteiger partial charge in [0, 0.05) is 31.5 Å². The van der Waals surface area contributed by atoms with Gasteiger partial charge in [0.15, 0.2) is 0 Å². The van der Waals surface area contributed by atoms with Gasteiger partial charge in [-0.25, -0.2) is 15.6 Å². The molecule has 7 heteroatoms. The zero-order chi connectivity index (χ0) is 19.7. The number of ether oxygens (including phenoxy) is 3.